The van der Waals surface area contributed by atoms with Crippen molar-refractivity contribution < 1.29 is 9.59 Å². The maximum atomic E-state index is 13.4. The molecule has 5 rings (SSSR count). The third kappa shape index (κ3) is 3.83. The van der Waals surface area contributed by atoms with E-state index in [4.69, 9.17) is 4.99 Å². The van der Waals surface area contributed by atoms with Crippen molar-refractivity contribution in [1.29, 1.82) is 0 Å². The lowest BCUT2D eigenvalue weighted by molar-refractivity contribution is -0.124. The van der Waals surface area contributed by atoms with E-state index in [1.54, 1.807) is 4.90 Å². The Balaban J connectivity index is 1.40. The van der Waals surface area contributed by atoms with Gasteiger partial charge in [0.25, 0.3) is 5.91 Å². The lowest BCUT2D eigenvalue weighted by Gasteiger charge is -2.25. The van der Waals surface area contributed by atoms with Crippen LogP contribution in [0.15, 0.2) is 88.8 Å². The van der Waals surface area contributed by atoms with E-state index in [9.17, 15) is 9.59 Å². The molecule has 1 atom stereocenters. The lowest BCUT2D eigenvalue weighted by Crippen LogP contribution is -2.40. The number of hydrogen-bond acceptors (Lipinski definition) is 5. The summed E-state index contributed by atoms with van der Waals surface area (Å²) < 4.78 is 0. The highest BCUT2D eigenvalue weighted by Crippen LogP contribution is 2.37. The molecule has 0 radical (unpaired) electrons. The van der Waals surface area contributed by atoms with Crippen LogP contribution in [0.2, 0.25) is 0 Å². The number of thioether (sulfide) groups is 1. The molecular weight excluding hydrogens is 420 g/mol. The Morgan fingerprint density at radius 2 is 1.81 bits per heavy atom. The number of fused-ring (bicyclic) bond motifs is 3. The van der Waals surface area contributed by atoms with E-state index in [0.717, 1.165) is 28.1 Å². The van der Waals surface area contributed by atoms with Crippen LogP contribution >= 0.6 is 11.8 Å². The summed E-state index contributed by atoms with van der Waals surface area (Å²) in [5.41, 5.74) is 4.20. The molecule has 2 aliphatic heterocycles. The molecule has 0 saturated carbocycles. The molecule has 6 nitrogen and oxygen atoms in total. The number of nitrogens with zero attached hydrogens (tertiary/aromatic N) is 3. The number of anilines is 1. The Hall–Kier alpha value is -3.71. The van der Waals surface area contributed by atoms with Gasteiger partial charge in [-0.15, -0.1) is 0 Å². The smallest absolute Gasteiger partial charge is 0.263 e. The highest BCUT2D eigenvalue weighted by atomic mass is 32.2. The van der Waals surface area contributed by atoms with Crippen molar-refractivity contribution in [3.63, 3.8) is 0 Å². The number of carbonyl (C=O) groups is 2. The Kier molecular flexibility index (Phi) is 5.33. The Morgan fingerprint density at radius 1 is 1.03 bits per heavy atom. The fraction of sp³-hybridized carbons (Fsp3) is 0.120. The van der Waals surface area contributed by atoms with Crippen LogP contribution in [0.4, 0.5) is 11.4 Å². The molecule has 158 valence electrons. The Bertz CT molecular complexity index is 1270. The second-order valence-corrected chi connectivity index (χ2v) is 8.50. The third-order valence-electron chi connectivity index (χ3n) is 5.22. The van der Waals surface area contributed by atoms with Gasteiger partial charge in [0.15, 0.2) is 11.2 Å². The van der Waals surface area contributed by atoms with E-state index in [1.165, 1.54) is 11.8 Å². The minimum Gasteiger partial charge on any atom is -0.325 e. The van der Waals surface area contributed by atoms with Crippen LogP contribution in [0, 0.1) is 6.92 Å². The first kappa shape index (κ1) is 20.2. The first-order chi connectivity index (χ1) is 15.6. The fourth-order valence-corrected chi connectivity index (χ4v) is 4.55. The average molecular weight is 441 g/mol. The predicted octanol–water partition coefficient (Wildman–Crippen LogP) is 4.70. The molecule has 0 unspecified atom stereocenters. The number of aryl methyl sites for hydroxylation is 1. The van der Waals surface area contributed by atoms with E-state index >= 15 is 0 Å². The second-order valence-electron chi connectivity index (χ2n) is 7.56. The van der Waals surface area contributed by atoms with Gasteiger partial charge in [0.1, 0.15) is 5.84 Å². The summed E-state index contributed by atoms with van der Waals surface area (Å²) in [6, 6.07) is 24.1. The molecule has 3 aromatic rings. The number of amides is 2. The first-order valence-electron chi connectivity index (χ1n) is 10.2. The summed E-state index contributed by atoms with van der Waals surface area (Å²) >= 11 is 1.23. The van der Waals surface area contributed by atoms with Crippen LogP contribution in [-0.2, 0) is 9.59 Å². The molecule has 2 heterocycles. The number of para-hydroxylation sites is 1. The lowest BCUT2D eigenvalue weighted by atomic mass is 10.1. The average Bonchev–Trinajstić information content (AvgIpc) is 3.16. The van der Waals surface area contributed by atoms with Crippen LogP contribution in [0.25, 0.3) is 0 Å². The van der Waals surface area contributed by atoms with Crippen molar-refractivity contribution in [2.45, 2.75) is 13.0 Å². The largest absolute Gasteiger partial charge is 0.325 e. The molecular formula is C25H20N4O2S. The molecule has 32 heavy (non-hydrogen) atoms. The van der Waals surface area contributed by atoms with Gasteiger partial charge in [0, 0.05) is 11.3 Å². The van der Waals surface area contributed by atoms with Crippen LogP contribution < -0.4 is 5.32 Å². The van der Waals surface area contributed by atoms with Gasteiger partial charge in [-0.2, -0.15) is 0 Å². The van der Waals surface area contributed by atoms with Crippen molar-refractivity contribution in [3.05, 3.63) is 95.6 Å². The van der Waals surface area contributed by atoms with Crippen LogP contribution in [0.5, 0.6) is 0 Å². The molecule has 0 aromatic heterocycles. The maximum absolute atomic E-state index is 13.4. The normalized spacial score (nSPS) is 16.7. The molecule has 0 fully saturated rings. The molecule has 3 aromatic carbocycles. The fourth-order valence-electron chi connectivity index (χ4n) is 3.75. The van der Waals surface area contributed by atoms with Crippen molar-refractivity contribution in [1.82, 2.24) is 4.90 Å². The summed E-state index contributed by atoms with van der Waals surface area (Å²) in [5, 5.41) is 3.36. The highest BCUT2D eigenvalue weighted by Gasteiger charge is 2.42. The number of aliphatic imine (C=N–C) groups is 2. The number of amidine groups is 2. The van der Waals surface area contributed by atoms with Gasteiger partial charge in [-0.05, 0) is 42.3 Å². The zero-order valence-electron chi connectivity index (χ0n) is 17.4. The zero-order chi connectivity index (χ0) is 22.1. The number of benzene rings is 3. The minimum absolute atomic E-state index is 0.127. The standard InChI is InChI=1S/C25H20N4O2S/c1-16-8-7-11-18(14-16)26-21(30)15-32-25-27-20-13-6-5-12-19(20)23-28-22(24(31)29(23)25)17-9-3-2-4-10-17/h2-14,22H,15H2,1H3,(H,26,30)/t22-/m0/s1. The van der Waals surface area contributed by atoms with E-state index in [-0.39, 0.29) is 17.6 Å². The van der Waals surface area contributed by atoms with Crippen LogP contribution in [0.3, 0.4) is 0 Å². The van der Waals surface area contributed by atoms with Gasteiger partial charge in [0.2, 0.25) is 5.91 Å². The summed E-state index contributed by atoms with van der Waals surface area (Å²) in [7, 11) is 0. The van der Waals surface area contributed by atoms with E-state index in [2.05, 4.69) is 10.3 Å². The van der Waals surface area contributed by atoms with Crippen molar-refractivity contribution in [3.8, 4) is 0 Å². The van der Waals surface area contributed by atoms with Gasteiger partial charge >= 0.3 is 0 Å². The zero-order valence-corrected chi connectivity index (χ0v) is 18.2. The van der Waals surface area contributed by atoms with Gasteiger partial charge in [-0.3, -0.25) is 9.59 Å². The molecule has 2 aliphatic rings. The Morgan fingerprint density at radius 3 is 2.62 bits per heavy atom. The summed E-state index contributed by atoms with van der Waals surface area (Å²) in [6.45, 7) is 1.97. The number of rotatable bonds is 4. The van der Waals surface area contributed by atoms with Crippen molar-refractivity contribution >= 4 is 46.0 Å². The van der Waals surface area contributed by atoms with Gasteiger partial charge < -0.3 is 5.32 Å². The molecule has 0 bridgehead atoms. The second kappa shape index (κ2) is 8.43. The molecule has 0 saturated heterocycles. The maximum Gasteiger partial charge on any atom is 0.263 e. The first-order valence-corrected chi connectivity index (χ1v) is 11.2. The molecule has 7 heteroatoms. The van der Waals surface area contributed by atoms with Crippen molar-refractivity contribution in [2.75, 3.05) is 11.1 Å². The molecule has 0 aliphatic carbocycles. The highest BCUT2D eigenvalue weighted by molar-refractivity contribution is 8.14. The van der Waals surface area contributed by atoms with Gasteiger partial charge in [-0.1, -0.05) is 66.4 Å². The Labute approximate surface area is 190 Å². The van der Waals surface area contributed by atoms with Gasteiger partial charge in [-0.25, -0.2) is 14.9 Å². The monoisotopic (exact) mass is 440 g/mol. The van der Waals surface area contributed by atoms with Crippen LogP contribution in [0.1, 0.15) is 22.7 Å². The number of nitrogens with one attached hydrogen (secondary N) is 1. The van der Waals surface area contributed by atoms with E-state index < -0.39 is 6.04 Å². The molecule has 2 amide bonds. The minimum atomic E-state index is -0.621. The number of hydrogen-bond donors (Lipinski definition) is 1. The SMILES string of the molecule is Cc1cccc(NC(=O)CSC2=Nc3ccccc3C3=N[C@@H](c4ccccc4)C(=O)N23)c1. The summed E-state index contributed by atoms with van der Waals surface area (Å²) in [6.07, 6.45) is 0. The van der Waals surface area contributed by atoms with E-state index in [1.807, 2.05) is 85.8 Å². The molecule has 0 spiro atoms. The van der Waals surface area contributed by atoms with Crippen molar-refractivity contribution in [2.24, 2.45) is 9.98 Å². The van der Waals surface area contributed by atoms with Crippen LogP contribution in [-0.4, -0.2) is 33.5 Å². The van der Waals surface area contributed by atoms with E-state index in [0.29, 0.717) is 11.0 Å². The quantitative estimate of drug-likeness (QED) is 0.639. The predicted molar refractivity (Wildman–Crippen MR) is 128 cm³/mol. The number of carbonyl (C=O) groups excluding carboxylic acids is 2. The summed E-state index contributed by atoms with van der Waals surface area (Å²) in [4.78, 5) is 36.9. The topological polar surface area (TPSA) is 74.1 Å². The molecule has 1 N–H and O–H groups in total. The van der Waals surface area contributed by atoms with Gasteiger partial charge in [0.05, 0.1) is 11.4 Å². The third-order valence-corrected chi connectivity index (χ3v) is 6.16. The summed E-state index contributed by atoms with van der Waals surface area (Å²) in [5.74, 6) is 0.385.